The second-order valence-electron chi connectivity index (χ2n) is 1.41. The summed E-state index contributed by atoms with van der Waals surface area (Å²) in [6.45, 7) is 0. The smallest absolute Gasteiger partial charge is 0.337 e. The second kappa shape index (κ2) is 2.18. The summed E-state index contributed by atoms with van der Waals surface area (Å²) in [5.41, 5.74) is 0. The van der Waals surface area contributed by atoms with Gasteiger partial charge in [0.2, 0.25) is 0 Å². The summed E-state index contributed by atoms with van der Waals surface area (Å²) in [5.74, 6) is -0.731. The Labute approximate surface area is 56.1 Å². The predicted octanol–water partition coefficient (Wildman–Crippen LogP) is 0.143. The highest BCUT2D eigenvalue weighted by molar-refractivity contribution is 7.80. The van der Waals surface area contributed by atoms with Gasteiger partial charge in [-0.25, -0.2) is 4.73 Å². The molecule has 0 aliphatic rings. The average molecular weight is 146 g/mol. The monoisotopic (exact) mass is 146 g/mol. The summed E-state index contributed by atoms with van der Waals surface area (Å²) in [7, 11) is 0. The Kier molecular flexibility index (Phi) is 1.52. The molecule has 0 N–H and O–H groups in total. The van der Waals surface area contributed by atoms with Gasteiger partial charge >= 0.3 is 5.95 Å². The van der Waals surface area contributed by atoms with Crippen LogP contribution in [0.4, 0.5) is 4.39 Å². The lowest BCUT2D eigenvalue weighted by Gasteiger charge is -1.96. The molecule has 0 unspecified atom stereocenters. The van der Waals surface area contributed by atoms with Gasteiger partial charge in [0.1, 0.15) is 11.1 Å². The molecule has 0 aliphatic carbocycles. The molecule has 0 radical (unpaired) electrons. The van der Waals surface area contributed by atoms with E-state index in [4.69, 9.17) is 0 Å². The maximum atomic E-state index is 12.2. The van der Waals surface area contributed by atoms with E-state index in [-0.39, 0.29) is 4.90 Å². The van der Waals surface area contributed by atoms with Crippen LogP contribution in [0.2, 0.25) is 0 Å². The van der Waals surface area contributed by atoms with Gasteiger partial charge in [-0.1, -0.05) is 0 Å². The number of thiol groups is 1. The van der Waals surface area contributed by atoms with Crippen molar-refractivity contribution < 1.29 is 9.12 Å². The molecule has 1 aromatic rings. The lowest BCUT2D eigenvalue weighted by atomic mass is 10.6. The van der Waals surface area contributed by atoms with Crippen LogP contribution in [-0.4, -0.2) is 4.98 Å². The third-order valence-corrected chi connectivity index (χ3v) is 1.05. The molecule has 0 aliphatic heterocycles. The molecule has 48 valence electrons. The van der Waals surface area contributed by atoms with Crippen molar-refractivity contribution >= 4 is 12.6 Å². The summed E-state index contributed by atoms with van der Waals surface area (Å²) < 4.78 is 12.5. The Morgan fingerprint density at radius 1 is 1.78 bits per heavy atom. The van der Waals surface area contributed by atoms with Gasteiger partial charge in [-0.15, -0.1) is 12.6 Å². The van der Waals surface area contributed by atoms with E-state index in [0.717, 1.165) is 12.5 Å². The third-order valence-electron chi connectivity index (χ3n) is 0.746. The van der Waals surface area contributed by atoms with Crippen LogP contribution in [0.15, 0.2) is 17.4 Å². The zero-order valence-electron chi connectivity index (χ0n) is 4.28. The second-order valence-corrected chi connectivity index (χ2v) is 1.89. The Balaban J connectivity index is 3.17. The number of hydrogen-bond donors (Lipinski definition) is 1. The molecule has 9 heavy (non-hydrogen) atoms. The molecule has 5 heteroatoms. The van der Waals surface area contributed by atoms with Gasteiger partial charge in [-0.2, -0.15) is 4.39 Å². The van der Waals surface area contributed by atoms with Crippen LogP contribution in [0, 0.1) is 11.2 Å². The maximum absolute atomic E-state index is 12.2. The maximum Gasteiger partial charge on any atom is 0.337 e. The Hall–Kier alpha value is -0.840. The minimum Gasteiger partial charge on any atom is -0.711 e. The SMILES string of the molecule is [O-][n+]1cnc(F)c(S)c1. The Bertz CT molecular complexity index is 230. The van der Waals surface area contributed by atoms with Crippen molar-refractivity contribution in [3.05, 3.63) is 23.7 Å². The number of rotatable bonds is 0. The summed E-state index contributed by atoms with van der Waals surface area (Å²) in [6, 6.07) is 0. The van der Waals surface area contributed by atoms with E-state index in [9.17, 15) is 9.60 Å². The average Bonchev–Trinajstić information content (AvgIpc) is 1.80. The summed E-state index contributed by atoms with van der Waals surface area (Å²) in [6.07, 6.45) is 1.82. The van der Waals surface area contributed by atoms with Crippen molar-refractivity contribution in [2.45, 2.75) is 4.90 Å². The molecule has 0 saturated heterocycles. The highest BCUT2D eigenvalue weighted by atomic mass is 32.1. The van der Waals surface area contributed by atoms with Crippen molar-refractivity contribution in [1.82, 2.24) is 4.98 Å². The molecule has 0 fully saturated rings. The van der Waals surface area contributed by atoms with Crippen molar-refractivity contribution in [1.29, 1.82) is 0 Å². The molecule has 0 aromatic carbocycles. The number of aromatic nitrogens is 2. The van der Waals surface area contributed by atoms with Gasteiger partial charge in [0.25, 0.3) is 6.33 Å². The topological polar surface area (TPSA) is 39.8 Å². The fraction of sp³-hybridized carbons (Fsp3) is 0. The minimum atomic E-state index is -0.731. The first-order valence-corrected chi connectivity index (χ1v) is 2.58. The van der Waals surface area contributed by atoms with Crippen molar-refractivity contribution in [2.75, 3.05) is 0 Å². The molecule has 3 nitrogen and oxygen atoms in total. The highest BCUT2D eigenvalue weighted by Gasteiger charge is 2.03. The highest BCUT2D eigenvalue weighted by Crippen LogP contribution is 2.03. The fourth-order valence-electron chi connectivity index (χ4n) is 0.381. The largest absolute Gasteiger partial charge is 0.711 e. The van der Waals surface area contributed by atoms with Crippen molar-refractivity contribution in [3.63, 3.8) is 0 Å². The van der Waals surface area contributed by atoms with Crippen LogP contribution in [0.3, 0.4) is 0 Å². The van der Waals surface area contributed by atoms with Crippen LogP contribution in [0.5, 0.6) is 0 Å². The molecular weight excluding hydrogens is 143 g/mol. The van der Waals surface area contributed by atoms with E-state index in [1.807, 2.05) is 0 Å². The van der Waals surface area contributed by atoms with Gasteiger partial charge in [0.15, 0.2) is 0 Å². The van der Waals surface area contributed by atoms with E-state index < -0.39 is 5.95 Å². The molecule has 0 amide bonds. The zero-order chi connectivity index (χ0) is 6.85. The van der Waals surface area contributed by atoms with E-state index in [1.54, 1.807) is 0 Å². The van der Waals surface area contributed by atoms with Crippen molar-refractivity contribution in [3.8, 4) is 0 Å². The Morgan fingerprint density at radius 3 is 2.89 bits per heavy atom. The number of hydrogen-bond acceptors (Lipinski definition) is 3. The van der Waals surface area contributed by atoms with E-state index >= 15 is 0 Å². The molecule has 1 heterocycles. The number of nitrogens with zero attached hydrogens (tertiary/aromatic N) is 2. The van der Waals surface area contributed by atoms with E-state index in [1.165, 1.54) is 0 Å². The summed E-state index contributed by atoms with van der Waals surface area (Å²) in [5, 5.41) is 10.3. The minimum absolute atomic E-state index is 0.0486. The molecule has 0 bridgehead atoms. The van der Waals surface area contributed by atoms with Crippen LogP contribution < -0.4 is 4.73 Å². The number of halogens is 1. The molecule has 1 rings (SSSR count). The molecule has 0 atom stereocenters. The van der Waals surface area contributed by atoms with Gasteiger partial charge in [-0.05, 0) is 4.98 Å². The normalized spacial score (nSPS) is 9.56. The van der Waals surface area contributed by atoms with Gasteiger partial charge in [0.05, 0.1) is 0 Å². The molecule has 1 aromatic heterocycles. The standard InChI is InChI=1S/C4H3FN2OS/c5-4-3(9)1-7(8)2-6-4/h1-2,9H. The van der Waals surface area contributed by atoms with Gasteiger partial charge < -0.3 is 5.21 Å². The van der Waals surface area contributed by atoms with Crippen molar-refractivity contribution in [2.24, 2.45) is 0 Å². The van der Waals surface area contributed by atoms with Gasteiger partial charge in [0, 0.05) is 0 Å². The zero-order valence-corrected chi connectivity index (χ0v) is 5.18. The molecular formula is C4H3FN2OS. The lowest BCUT2D eigenvalue weighted by Crippen LogP contribution is -2.26. The first kappa shape index (κ1) is 6.28. The van der Waals surface area contributed by atoms with Crippen LogP contribution >= 0.6 is 12.6 Å². The first-order valence-electron chi connectivity index (χ1n) is 2.13. The van der Waals surface area contributed by atoms with Crippen LogP contribution in [-0.2, 0) is 0 Å². The van der Waals surface area contributed by atoms with Crippen LogP contribution in [0.25, 0.3) is 0 Å². The van der Waals surface area contributed by atoms with Crippen LogP contribution in [0.1, 0.15) is 0 Å². The van der Waals surface area contributed by atoms with Gasteiger partial charge in [-0.3, -0.25) is 0 Å². The Morgan fingerprint density at radius 2 is 2.44 bits per heavy atom. The molecule has 0 spiro atoms. The summed E-state index contributed by atoms with van der Waals surface area (Å²) >= 11 is 3.61. The molecule has 0 saturated carbocycles. The predicted molar refractivity (Wildman–Crippen MR) is 30.4 cm³/mol. The quantitative estimate of drug-likeness (QED) is 0.245. The van der Waals surface area contributed by atoms with E-state index in [2.05, 4.69) is 17.6 Å². The third kappa shape index (κ3) is 1.29. The summed E-state index contributed by atoms with van der Waals surface area (Å²) in [4.78, 5) is 3.04. The fourth-order valence-corrected chi connectivity index (χ4v) is 0.552. The lowest BCUT2D eigenvalue weighted by molar-refractivity contribution is -0.611. The first-order chi connectivity index (χ1) is 4.20. The van der Waals surface area contributed by atoms with E-state index in [0.29, 0.717) is 4.73 Å².